The van der Waals surface area contributed by atoms with Crippen molar-refractivity contribution in [2.75, 3.05) is 19.7 Å². The summed E-state index contributed by atoms with van der Waals surface area (Å²) in [6.45, 7) is 8.01. The summed E-state index contributed by atoms with van der Waals surface area (Å²) in [5.74, 6) is 1.13. The Labute approximate surface area is 107 Å². The second kappa shape index (κ2) is 5.48. The number of nitrogens with one attached hydrogen (secondary N) is 1. The van der Waals surface area contributed by atoms with E-state index < -0.39 is 0 Å². The Bertz CT molecular complexity index is 416. The van der Waals surface area contributed by atoms with Crippen LogP contribution in [0.2, 0.25) is 0 Å². The SMILES string of the molecule is CC1CN(C(=O)c2n[nH]c(C(C)C)n2)CCCO1. The molecule has 0 radical (unpaired) electrons. The molecule has 0 aliphatic carbocycles. The van der Waals surface area contributed by atoms with Gasteiger partial charge in [0.05, 0.1) is 6.10 Å². The molecule has 1 N–H and O–H groups in total. The fourth-order valence-electron chi connectivity index (χ4n) is 1.95. The van der Waals surface area contributed by atoms with Crippen LogP contribution in [-0.2, 0) is 4.74 Å². The lowest BCUT2D eigenvalue weighted by molar-refractivity contribution is 0.0556. The van der Waals surface area contributed by atoms with Crippen LogP contribution in [0, 0.1) is 0 Å². The minimum atomic E-state index is -0.115. The molecule has 0 spiro atoms. The molecule has 0 saturated carbocycles. The van der Waals surface area contributed by atoms with E-state index in [2.05, 4.69) is 15.2 Å². The number of hydrogen-bond donors (Lipinski definition) is 1. The summed E-state index contributed by atoms with van der Waals surface area (Å²) in [5.41, 5.74) is 0. The van der Waals surface area contributed by atoms with Crippen LogP contribution >= 0.6 is 0 Å². The first-order valence-corrected chi connectivity index (χ1v) is 6.41. The summed E-state index contributed by atoms with van der Waals surface area (Å²) in [7, 11) is 0. The van der Waals surface area contributed by atoms with E-state index in [0.29, 0.717) is 19.7 Å². The Kier molecular flexibility index (Phi) is 3.96. The van der Waals surface area contributed by atoms with E-state index in [4.69, 9.17) is 4.74 Å². The molecule has 0 bridgehead atoms. The molecule has 1 atom stereocenters. The Hall–Kier alpha value is -1.43. The molecule has 1 amide bonds. The summed E-state index contributed by atoms with van der Waals surface area (Å²) in [5, 5.41) is 6.81. The molecule has 1 aliphatic rings. The van der Waals surface area contributed by atoms with Gasteiger partial charge in [0.25, 0.3) is 5.91 Å². The van der Waals surface area contributed by atoms with Crippen LogP contribution in [0.3, 0.4) is 0 Å². The molecule has 1 unspecified atom stereocenters. The van der Waals surface area contributed by atoms with Gasteiger partial charge in [-0.05, 0) is 13.3 Å². The van der Waals surface area contributed by atoms with E-state index in [1.54, 1.807) is 4.90 Å². The number of H-pyrrole nitrogens is 1. The van der Waals surface area contributed by atoms with Gasteiger partial charge in [-0.15, -0.1) is 5.10 Å². The maximum atomic E-state index is 12.3. The summed E-state index contributed by atoms with van der Waals surface area (Å²) < 4.78 is 5.52. The minimum Gasteiger partial charge on any atom is -0.377 e. The number of aromatic nitrogens is 3. The highest BCUT2D eigenvalue weighted by Crippen LogP contribution is 2.11. The second-order valence-corrected chi connectivity index (χ2v) is 4.99. The maximum absolute atomic E-state index is 12.3. The standard InChI is InChI=1S/C12H20N4O2/c1-8(2)10-13-11(15-14-10)12(17)16-5-4-6-18-9(3)7-16/h8-9H,4-7H2,1-3H3,(H,13,14,15). The predicted octanol–water partition coefficient (Wildman–Crippen LogP) is 1.18. The van der Waals surface area contributed by atoms with Gasteiger partial charge in [-0.25, -0.2) is 4.98 Å². The summed E-state index contributed by atoms with van der Waals surface area (Å²) in [6.07, 6.45) is 0.928. The zero-order chi connectivity index (χ0) is 13.1. The molecule has 1 saturated heterocycles. The Morgan fingerprint density at radius 1 is 1.56 bits per heavy atom. The van der Waals surface area contributed by atoms with Gasteiger partial charge in [0, 0.05) is 25.6 Å². The molecule has 100 valence electrons. The van der Waals surface area contributed by atoms with Crippen LogP contribution in [0.25, 0.3) is 0 Å². The zero-order valence-electron chi connectivity index (χ0n) is 11.1. The molecule has 1 aliphatic heterocycles. The van der Waals surface area contributed by atoms with Gasteiger partial charge in [-0.1, -0.05) is 13.8 Å². The van der Waals surface area contributed by atoms with Crippen molar-refractivity contribution in [3.05, 3.63) is 11.6 Å². The molecule has 2 heterocycles. The van der Waals surface area contributed by atoms with E-state index in [0.717, 1.165) is 12.2 Å². The van der Waals surface area contributed by atoms with Crippen LogP contribution in [-0.4, -0.2) is 51.8 Å². The van der Waals surface area contributed by atoms with E-state index in [1.165, 1.54) is 0 Å². The largest absolute Gasteiger partial charge is 0.377 e. The van der Waals surface area contributed by atoms with Crippen LogP contribution in [0.4, 0.5) is 0 Å². The lowest BCUT2D eigenvalue weighted by Gasteiger charge is -2.20. The van der Waals surface area contributed by atoms with Gasteiger partial charge in [0.2, 0.25) is 5.82 Å². The fourth-order valence-corrected chi connectivity index (χ4v) is 1.95. The van der Waals surface area contributed by atoms with Crippen molar-refractivity contribution >= 4 is 5.91 Å². The number of aromatic amines is 1. The molecular formula is C12H20N4O2. The molecule has 6 heteroatoms. The molecule has 1 aromatic rings. The number of ether oxygens (including phenoxy) is 1. The quantitative estimate of drug-likeness (QED) is 0.858. The van der Waals surface area contributed by atoms with Crippen molar-refractivity contribution in [1.82, 2.24) is 20.1 Å². The van der Waals surface area contributed by atoms with Gasteiger partial charge in [-0.2, -0.15) is 0 Å². The number of carbonyl (C=O) groups excluding carboxylic acids is 1. The number of nitrogens with zero attached hydrogens (tertiary/aromatic N) is 3. The van der Waals surface area contributed by atoms with Gasteiger partial charge >= 0.3 is 0 Å². The average molecular weight is 252 g/mol. The molecule has 6 nitrogen and oxygen atoms in total. The first-order chi connectivity index (χ1) is 8.58. The number of hydrogen-bond acceptors (Lipinski definition) is 4. The van der Waals surface area contributed by atoms with Crippen molar-refractivity contribution in [2.24, 2.45) is 0 Å². The molecular weight excluding hydrogens is 232 g/mol. The summed E-state index contributed by atoms with van der Waals surface area (Å²) in [4.78, 5) is 18.3. The lowest BCUT2D eigenvalue weighted by Crippen LogP contribution is -2.36. The van der Waals surface area contributed by atoms with E-state index in [1.807, 2.05) is 20.8 Å². The highest BCUT2D eigenvalue weighted by Gasteiger charge is 2.24. The first kappa shape index (κ1) is 13.0. The number of carbonyl (C=O) groups is 1. The predicted molar refractivity (Wildman–Crippen MR) is 66.4 cm³/mol. The van der Waals surface area contributed by atoms with Crippen LogP contribution < -0.4 is 0 Å². The highest BCUT2D eigenvalue weighted by atomic mass is 16.5. The normalized spacial score (nSPS) is 21.1. The molecule has 2 rings (SSSR count). The Morgan fingerprint density at radius 3 is 3.00 bits per heavy atom. The van der Waals surface area contributed by atoms with E-state index in [-0.39, 0.29) is 23.8 Å². The third-order valence-electron chi connectivity index (χ3n) is 2.98. The van der Waals surface area contributed by atoms with Crippen molar-refractivity contribution in [2.45, 2.75) is 39.2 Å². The van der Waals surface area contributed by atoms with Crippen LogP contribution in [0.5, 0.6) is 0 Å². The Balaban J connectivity index is 2.09. The van der Waals surface area contributed by atoms with Gasteiger partial charge in [0.15, 0.2) is 0 Å². The second-order valence-electron chi connectivity index (χ2n) is 4.99. The average Bonchev–Trinajstić information content (AvgIpc) is 2.72. The van der Waals surface area contributed by atoms with Gasteiger partial charge in [0.1, 0.15) is 5.82 Å². The third kappa shape index (κ3) is 2.87. The Morgan fingerprint density at radius 2 is 2.33 bits per heavy atom. The van der Waals surface area contributed by atoms with Gasteiger partial charge in [-0.3, -0.25) is 9.89 Å². The molecule has 0 aromatic carbocycles. The zero-order valence-corrected chi connectivity index (χ0v) is 11.1. The van der Waals surface area contributed by atoms with Crippen molar-refractivity contribution in [1.29, 1.82) is 0 Å². The van der Waals surface area contributed by atoms with Crippen molar-refractivity contribution in [3.8, 4) is 0 Å². The monoisotopic (exact) mass is 252 g/mol. The first-order valence-electron chi connectivity index (χ1n) is 6.41. The summed E-state index contributed by atoms with van der Waals surface area (Å²) in [6, 6.07) is 0. The van der Waals surface area contributed by atoms with Crippen LogP contribution in [0.1, 0.15) is 49.6 Å². The molecule has 18 heavy (non-hydrogen) atoms. The van der Waals surface area contributed by atoms with E-state index in [9.17, 15) is 4.79 Å². The molecule has 1 aromatic heterocycles. The van der Waals surface area contributed by atoms with Crippen molar-refractivity contribution in [3.63, 3.8) is 0 Å². The molecule has 1 fully saturated rings. The van der Waals surface area contributed by atoms with E-state index >= 15 is 0 Å². The van der Waals surface area contributed by atoms with Crippen molar-refractivity contribution < 1.29 is 9.53 Å². The fraction of sp³-hybridized carbons (Fsp3) is 0.750. The smallest absolute Gasteiger partial charge is 0.293 e. The number of amides is 1. The number of rotatable bonds is 2. The highest BCUT2D eigenvalue weighted by molar-refractivity contribution is 5.90. The van der Waals surface area contributed by atoms with Crippen LogP contribution in [0.15, 0.2) is 0 Å². The minimum absolute atomic E-state index is 0.0694. The topological polar surface area (TPSA) is 71.1 Å². The summed E-state index contributed by atoms with van der Waals surface area (Å²) >= 11 is 0. The lowest BCUT2D eigenvalue weighted by atomic mass is 10.2. The van der Waals surface area contributed by atoms with Gasteiger partial charge < -0.3 is 9.64 Å². The third-order valence-corrected chi connectivity index (χ3v) is 2.98. The maximum Gasteiger partial charge on any atom is 0.293 e.